The fourth-order valence-electron chi connectivity index (χ4n) is 4.86. The van der Waals surface area contributed by atoms with Crippen LogP contribution >= 0.6 is 0 Å². The molecular weight excluding hydrogens is 496 g/mol. The van der Waals surface area contributed by atoms with Gasteiger partial charge in [-0.3, -0.25) is 4.79 Å². The number of carbonyl (C=O) groups excluding carboxylic acids is 1. The summed E-state index contributed by atoms with van der Waals surface area (Å²) in [5.74, 6) is -1.37. The molecule has 0 heterocycles. The summed E-state index contributed by atoms with van der Waals surface area (Å²) >= 11 is 0. The first-order chi connectivity index (χ1) is 19.6. The summed E-state index contributed by atoms with van der Waals surface area (Å²) in [6.45, 7) is 4.41. The smallest absolute Gasteiger partial charge is 0.345 e. The molecule has 0 saturated carbocycles. The highest BCUT2D eigenvalue weighted by Gasteiger charge is 2.21. The molecule has 4 heteroatoms. The topological polar surface area (TPSA) is 63.6 Å². The van der Waals surface area contributed by atoms with E-state index in [1.165, 1.54) is 83.5 Å². The first-order valence-electron chi connectivity index (χ1n) is 17.0. The Bertz CT molecular complexity index is 649. The van der Waals surface area contributed by atoms with Crippen LogP contribution in [0, 0.1) is 0 Å². The second-order valence-corrected chi connectivity index (χ2v) is 11.3. The van der Waals surface area contributed by atoms with E-state index in [-0.39, 0.29) is 5.97 Å². The van der Waals surface area contributed by atoms with E-state index in [0.717, 1.165) is 64.2 Å². The highest BCUT2D eigenvalue weighted by Crippen LogP contribution is 2.15. The zero-order valence-electron chi connectivity index (χ0n) is 26.4. The third-order valence-electron chi connectivity index (χ3n) is 7.40. The first-order valence-corrected chi connectivity index (χ1v) is 17.0. The van der Waals surface area contributed by atoms with Gasteiger partial charge in [0.15, 0.2) is 6.10 Å². The molecule has 1 unspecified atom stereocenters. The normalized spacial score (nSPS) is 12.7. The Kier molecular flexibility index (Phi) is 30.2. The SMILES string of the molecule is CC/C=C\C/C=C\C/C=C\CCCCCCCCCC(=O)OC(CCCCCCCCCCCCCC)C(=O)O. The maximum absolute atomic E-state index is 12.1. The number of rotatable bonds is 30. The van der Waals surface area contributed by atoms with E-state index < -0.39 is 12.1 Å². The van der Waals surface area contributed by atoms with Crippen molar-refractivity contribution in [2.75, 3.05) is 0 Å². The van der Waals surface area contributed by atoms with Crippen molar-refractivity contribution in [3.63, 3.8) is 0 Å². The van der Waals surface area contributed by atoms with Gasteiger partial charge < -0.3 is 9.84 Å². The van der Waals surface area contributed by atoms with Crippen molar-refractivity contribution in [1.82, 2.24) is 0 Å². The third kappa shape index (κ3) is 29.2. The number of carboxylic acids is 1. The minimum Gasteiger partial charge on any atom is -0.479 e. The molecular formula is C36H64O4. The summed E-state index contributed by atoms with van der Waals surface area (Å²) in [5.41, 5.74) is 0. The fourth-order valence-corrected chi connectivity index (χ4v) is 4.86. The quantitative estimate of drug-likeness (QED) is 0.0539. The summed E-state index contributed by atoms with van der Waals surface area (Å²) in [4.78, 5) is 23.7. The minimum atomic E-state index is -1.01. The molecule has 0 radical (unpaired) electrons. The van der Waals surface area contributed by atoms with Crippen LogP contribution in [0.25, 0.3) is 0 Å². The van der Waals surface area contributed by atoms with Gasteiger partial charge in [-0.05, 0) is 51.4 Å². The summed E-state index contributed by atoms with van der Waals surface area (Å²) in [7, 11) is 0. The second kappa shape index (κ2) is 31.7. The molecule has 0 spiro atoms. The van der Waals surface area contributed by atoms with Gasteiger partial charge in [0.1, 0.15) is 0 Å². The van der Waals surface area contributed by atoms with Gasteiger partial charge in [-0.1, -0.05) is 153 Å². The van der Waals surface area contributed by atoms with E-state index in [2.05, 4.69) is 50.3 Å². The Labute approximate surface area is 248 Å². The van der Waals surface area contributed by atoms with E-state index in [4.69, 9.17) is 4.74 Å². The van der Waals surface area contributed by atoms with Crippen LogP contribution in [-0.2, 0) is 14.3 Å². The number of unbranched alkanes of at least 4 members (excludes halogenated alkanes) is 18. The molecule has 1 atom stereocenters. The first kappa shape index (κ1) is 38.2. The van der Waals surface area contributed by atoms with Crippen LogP contribution in [0.1, 0.15) is 174 Å². The number of allylic oxidation sites excluding steroid dienone is 6. The lowest BCUT2D eigenvalue weighted by molar-refractivity contribution is -0.164. The highest BCUT2D eigenvalue weighted by molar-refractivity contribution is 5.77. The Morgan fingerprint density at radius 2 is 1.02 bits per heavy atom. The molecule has 0 rings (SSSR count). The number of ether oxygens (including phenoxy) is 1. The van der Waals surface area contributed by atoms with Crippen molar-refractivity contribution in [2.45, 2.75) is 180 Å². The number of carboxylic acid groups (broad SMARTS) is 1. The minimum absolute atomic E-state index is 0.330. The van der Waals surface area contributed by atoms with E-state index in [1.54, 1.807) is 0 Å². The lowest BCUT2D eigenvalue weighted by Crippen LogP contribution is -2.27. The average Bonchev–Trinajstić information content (AvgIpc) is 2.94. The number of carbonyl (C=O) groups is 2. The predicted octanol–water partition coefficient (Wildman–Crippen LogP) is 11.4. The van der Waals surface area contributed by atoms with E-state index >= 15 is 0 Å². The van der Waals surface area contributed by atoms with E-state index in [0.29, 0.717) is 12.8 Å². The van der Waals surface area contributed by atoms with Crippen molar-refractivity contribution >= 4 is 11.9 Å². The van der Waals surface area contributed by atoms with Crippen LogP contribution in [0.2, 0.25) is 0 Å². The van der Waals surface area contributed by atoms with Crippen LogP contribution in [0.5, 0.6) is 0 Å². The van der Waals surface area contributed by atoms with Gasteiger partial charge in [0.2, 0.25) is 0 Å². The van der Waals surface area contributed by atoms with Gasteiger partial charge in [0, 0.05) is 6.42 Å². The van der Waals surface area contributed by atoms with Crippen molar-refractivity contribution in [2.24, 2.45) is 0 Å². The molecule has 0 aliphatic heterocycles. The van der Waals surface area contributed by atoms with Crippen molar-refractivity contribution < 1.29 is 19.4 Å². The second-order valence-electron chi connectivity index (χ2n) is 11.3. The van der Waals surface area contributed by atoms with E-state index in [9.17, 15) is 14.7 Å². The summed E-state index contributed by atoms with van der Waals surface area (Å²) < 4.78 is 5.29. The average molecular weight is 561 g/mol. The number of hydrogen-bond donors (Lipinski definition) is 1. The monoisotopic (exact) mass is 560 g/mol. The molecule has 0 saturated heterocycles. The molecule has 0 aromatic carbocycles. The van der Waals surface area contributed by atoms with Gasteiger partial charge in [-0.15, -0.1) is 0 Å². The largest absolute Gasteiger partial charge is 0.479 e. The number of aliphatic carboxylic acids is 1. The molecule has 0 fully saturated rings. The Morgan fingerprint density at radius 3 is 1.55 bits per heavy atom. The molecule has 0 aromatic heterocycles. The van der Waals surface area contributed by atoms with Gasteiger partial charge in [0.05, 0.1) is 0 Å². The molecule has 40 heavy (non-hydrogen) atoms. The molecule has 1 N–H and O–H groups in total. The Hall–Kier alpha value is -1.84. The maximum atomic E-state index is 12.1. The van der Waals surface area contributed by atoms with Gasteiger partial charge in [-0.2, -0.15) is 0 Å². The van der Waals surface area contributed by atoms with Gasteiger partial charge in [-0.25, -0.2) is 4.79 Å². The standard InChI is InChI=1S/C36H64O4/c1-3-5-7-9-11-13-15-17-18-19-20-21-23-25-27-29-31-33-35(37)40-34(36(38)39)32-30-28-26-24-22-16-14-12-10-8-6-4-2/h5,7,11,13,17-18,34H,3-4,6,8-10,12,14-16,19-33H2,1-2H3,(H,38,39)/b7-5-,13-11-,18-17-. The van der Waals surface area contributed by atoms with Gasteiger partial charge in [0.25, 0.3) is 0 Å². The summed E-state index contributed by atoms with van der Waals surface area (Å²) in [6.07, 6.45) is 40.3. The maximum Gasteiger partial charge on any atom is 0.345 e. The van der Waals surface area contributed by atoms with Crippen molar-refractivity contribution in [1.29, 1.82) is 0 Å². The zero-order chi connectivity index (χ0) is 29.4. The van der Waals surface area contributed by atoms with E-state index in [1.807, 2.05) is 0 Å². The molecule has 0 amide bonds. The molecule has 0 aromatic rings. The van der Waals surface area contributed by atoms with Crippen LogP contribution in [0.4, 0.5) is 0 Å². The van der Waals surface area contributed by atoms with Crippen molar-refractivity contribution in [3.8, 4) is 0 Å². The van der Waals surface area contributed by atoms with Crippen LogP contribution in [0.15, 0.2) is 36.5 Å². The third-order valence-corrected chi connectivity index (χ3v) is 7.40. The van der Waals surface area contributed by atoms with Crippen LogP contribution in [0.3, 0.4) is 0 Å². The number of esters is 1. The van der Waals surface area contributed by atoms with Gasteiger partial charge >= 0.3 is 11.9 Å². The molecule has 4 nitrogen and oxygen atoms in total. The summed E-state index contributed by atoms with van der Waals surface area (Å²) in [5, 5.41) is 9.43. The number of hydrogen-bond acceptors (Lipinski definition) is 3. The molecule has 0 aliphatic carbocycles. The predicted molar refractivity (Wildman–Crippen MR) is 172 cm³/mol. The zero-order valence-corrected chi connectivity index (χ0v) is 26.4. The molecule has 0 bridgehead atoms. The molecule has 232 valence electrons. The Balaban J connectivity index is 3.60. The highest BCUT2D eigenvalue weighted by atomic mass is 16.6. The van der Waals surface area contributed by atoms with Crippen LogP contribution in [-0.4, -0.2) is 23.1 Å². The molecule has 0 aliphatic rings. The fraction of sp³-hybridized carbons (Fsp3) is 0.778. The lowest BCUT2D eigenvalue weighted by atomic mass is 10.0. The summed E-state index contributed by atoms with van der Waals surface area (Å²) in [6, 6.07) is 0. The van der Waals surface area contributed by atoms with Crippen LogP contribution < -0.4 is 0 Å². The Morgan fingerprint density at radius 1 is 0.575 bits per heavy atom. The van der Waals surface area contributed by atoms with Crippen molar-refractivity contribution in [3.05, 3.63) is 36.5 Å². The lowest BCUT2D eigenvalue weighted by Gasteiger charge is -2.13.